The second-order valence-corrected chi connectivity index (χ2v) is 7.59. The van der Waals surface area contributed by atoms with Crippen LogP contribution in [-0.2, 0) is 11.2 Å². The van der Waals surface area contributed by atoms with E-state index in [2.05, 4.69) is 50.3 Å². The summed E-state index contributed by atoms with van der Waals surface area (Å²) in [7, 11) is 0. The van der Waals surface area contributed by atoms with Crippen molar-refractivity contribution in [3.05, 3.63) is 42.0 Å². The number of aryl methyl sites for hydroxylation is 1. The van der Waals surface area contributed by atoms with Gasteiger partial charge in [-0.15, -0.1) is 0 Å². The summed E-state index contributed by atoms with van der Waals surface area (Å²) in [5.41, 5.74) is 1.33. The third-order valence-electron chi connectivity index (χ3n) is 4.85. The Bertz CT molecular complexity index is 485. The normalized spacial score (nSPS) is 19.4. The minimum absolute atomic E-state index is 0.0427. The van der Waals surface area contributed by atoms with E-state index in [1.54, 1.807) is 0 Å². The molecule has 1 heterocycles. The predicted octanol–water partition coefficient (Wildman–Crippen LogP) is 6.48. The zero-order valence-electron chi connectivity index (χ0n) is 16.3. The Morgan fingerprint density at radius 1 is 0.960 bits per heavy atom. The van der Waals surface area contributed by atoms with Gasteiger partial charge in [0.1, 0.15) is 18.0 Å². The Labute approximate surface area is 154 Å². The van der Waals surface area contributed by atoms with Crippen LogP contribution < -0.4 is 4.74 Å². The average molecular weight is 345 g/mol. The Hall–Kier alpha value is -1.28. The molecule has 0 aromatic heterocycles. The van der Waals surface area contributed by atoms with Gasteiger partial charge in [-0.1, -0.05) is 69.7 Å². The van der Waals surface area contributed by atoms with E-state index in [-0.39, 0.29) is 5.60 Å². The van der Waals surface area contributed by atoms with E-state index in [1.165, 1.54) is 56.9 Å². The second kappa shape index (κ2) is 11.4. The Morgan fingerprint density at radius 3 is 2.28 bits per heavy atom. The lowest BCUT2D eigenvalue weighted by Gasteiger charge is -2.09. The molecule has 0 spiro atoms. The van der Waals surface area contributed by atoms with Gasteiger partial charge in [0.25, 0.3) is 0 Å². The molecule has 1 aromatic carbocycles. The fraction of sp³-hybridized carbons (Fsp3) is 0.652. The minimum Gasteiger partial charge on any atom is -0.491 e. The Kier molecular flexibility index (Phi) is 9.10. The SMILES string of the molecule is CCCCCCCCC/C=C/CCc1ccc(OCC2(C)CO2)cc1. The van der Waals surface area contributed by atoms with Crippen molar-refractivity contribution >= 4 is 0 Å². The molecule has 0 aliphatic carbocycles. The molecule has 140 valence electrons. The van der Waals surface area contributed by atoms with Crippen molar-refractivity contribution in [1.29, 1.82) is 0 Å². The van der Waals surface area contributed by atoms with E-state index in [1.807, 2.05) is 0 Å². The van der Waals surface area contributed by atoms with Crippen molar-refractivity contribution < 1.29 is 9.47 Å². The quantitative estimate of drug-likeness (QED) is 0.219. The fourth-order valence-electron chi connectivity index (χ4n) is 2.90. The molecule has 1 aromatic rings. The van der Waals surface area contributed by atoms with Crippen LogP contribution in [0.25, 0.3) is 0 Å². The van der Waals surface area contributed by atoms with Crippen molar-refractivity contribution in [3.63, 3.8) is 0 Å². The molecule has 0 N–H and O–H groups in total. The third kappa shape index (κ3) is 9.11. The predicted molar refractivity (Wildman–Crippen MR) is 106 cm³/mol. The first kappa shape index (κ1) is 20.0. The first-order chi connectivity index (χ1) is 12.2. The van der Waals surface area contributed by atoms with Crippen LogP contribution in [0.3, 0.4) is 0 Å². The lowest BCUT2D eigenvalue weighted by molar-refractivity contribution is 0.202. The van der Waals surface area contributed by atoms with Crippen LogP contribution in [0, 0.1) is 0 Å². The van der Waals surface area contributed by atoms with Gasteiger partial charge in [0, 0.05) is 0 Å². The maximum Gasteiger partial charge on any atom is 0.123 e. The number of ether oxygens (including phenoxy) is 2. The van der Waals surface area contributed by atoms with Gasteiger partial charge < -0.3 is 9.47 Å². The van der Waals surface area contributed by atoms with Crippen LogP contribution in [-0.4, -0.2) is 18.8 Å². The molecular weight excluding hydrogens is 308 g/mol. The minimum atomic E-state index is -0.0427. The number of epoxide rings is 1. The summed E-state index contributed by atoms with van der Waals surface area (Å²) in [4.78, 5) is 0. The third-order valence-corrected chi connectivity index (χ3v) is 4.85. The number of benzene rings is 1. The number of hydrogen-bond donors (Lipinski definition) is 0. The first-order valence-electron chi connectivity index (χ1n) is 10.2. The lowest BCUT2D eigenvalue weighted by atomic mass is 10.1. The van der Waals surface area contributed by atoms with Gasteiger partial charge in [-0.25, -0.2) is 0 Å². The molecule has 2 heteroatoms. The molecule has 1 unspecified atom stereocenters. The summed E-state index contributed by atoms with van der Waals surface area (Å²) in [6.07, 6.45) is 17.9. The number of unbranched alkanes of at least 4 members (excludes halogenated alkanes) is 7. The summed E-state index contributed by atoms with van der Waals surface area (Å²) in [5.74, 6) is 0.940. The van der Waals surface area contributed by atoms with Gasteiger partial charge in [-0.2, -0.15) is 0 Å². The van der Waals surface area contributed by atoms with Crippen molar-refractivity contribution in [2.24, 2.45) is 0 Å². The lowest BCUT2D eigenvalue weighted by Crippen LogP contribution is -2.16. The van der Waals surface area contributed by atoms with Crippen LogP contribution in [0.4, 0.5) is 0 Å². The van der Waals surface area contributed by atoms with Gasteiger partial charge in [0.2, 0.25) is 0 Å². The van der Waals surface area contributed by atoms with Gasteiger partial charge >= 0.3 is 0 Å². The van der Waals surface area contributed by atoms with Crippen molar-refractivity contribution in [1.82, 2.24) is 0 Å². The van der Waals surface area contributed by atoms with E-state index in [0.29, 0.717) is 6.61 Å². The molecule has 1 atom stereocenters. The summed E-state index contributed by atoms with van der Waals surface area (Å²) in [6.45, 7) is 5.82. The molecule has 25 heavy (non-hydrogen) atoms. The summed E-state index contributed by atoms with van der Waals surface area (Å²) in [5, 5.41) is 0. The molecule has 2 rings (SSSR count). The maximum atomic E-state index is 5.76. The average Bonchev–Trinajstić information content (AvgIpc) is 3.37. The molecule has 0 radical (unpaired) electrons. The smallest absolute Gasteiger partial charge is 0.123 e. The molecule has 0 amide bonds. The molecule has 1 aliphatic rings. The topological polar surface area (TPSA) is 21.8 Å². The number of hydrogen-bond acceptors (Lipinski definition) is 2. The van der Waals surface area contributed by atoms with Crippen molar-refractivity contribution in [3.8, 4) is 5.75 Å². The summed E-state index contributed by atoms with van der Waals surface area (Å²) in [6, 6.07) is 8.50. The van der Waals surface area contributed by atoms with Gasteiger partial charge in [0.15, 0.2) is 0 Å². The Balaban J connectivity index is 1.48. The van der Waals surface area contributed by atoms with Crippen LogP contribution in [0.1, 0.15) is 77.2 Å². The van der Waals surface area contributed by atoms with Crippen molar-refractivity contribution in [2.75, 3.05) is 13.2 Å². The number of rotatable bonds is 14. The van der Waals surface area contributed by atoms with Crippen LogP contribution >= 0.6 is 0 Å². The molecular formula is C23H36O2. The van der Waals surface area contributed by atoms with E-state index < -0.39 is 0 Å². The van der Waals surface area contributed by atoms with E-state index in [0.717, 1.165) is 25.2 Å². The summed E-state index contributed by atoms with van der Waals surface area (Å²) >= 11 is 0. The fourth-order valence-corrected chi connectivity index (χ4v) is 2.90. The van der Waals surface area contributed by atoms with Crippen LogP contribution in [0.5, 0.6) is 5.75 Å². The van der Waals surface area contributed by atoms with E-state index in [4.69, 9.17) is 9.47 Å². The molecule has 1 fully saturated rings. The zero-order chi connectivity index (χ0) is 17.8. The zero-order valence-corrected chi connectivity index (χ0v) is 16.3. The second-order valence-electron chi connectivity index (χ2n) is 7.59. The summed E-state index contributed by atoms with van der Waals surface area (Å²) < 4.78 is 11.1. The van der Waals surface area contributed by atoms with E-state index in [9.17, 15) is 0 Å². The maximum absolute atomic E-state index is 5.76. The monoisotopic (exact) mass is 344 g/mol. The molecule has 0 saturated carbocycles. The van der Waals surface area contributed by atoms with Crippen molar-refractivity contribution in [2.45, 2.75) is 83.7 Å². The molecule has 2 nitrogen and oxygen atoms in total. The molecule has 1 saturated heterocycles. The highest BCUT2D eigenvalue weighted by Crippen LogP contribution is 2.27. The Morgan fingerprint density at radius 2 is 1.60 bits per heavy atom. The van der Waals surface area contributed by atoms with Gasteiger partial charge in [-0.05, 0) is 50.3 Å². The largest absolute Gasteiger partial charge is 0.491 e. The van der Waals surface area contributed by atoms with Gasteiger partial charge in [0.05, 0.1) is 6.61 Å². The highest BCUT2D eigenvalue weighted by atomic mass is 16.6. The highest BCUT2D eigenvalue weighted by Gasteiger charge is 2.40. The standard InChI is InChI=1S/C23H36O2/c1-3-4-5-6-7-8-9-10-11-12-13-14-21-15-17-22(18-16-21)24-19-23(2)20-25-23/h11-12,15-18H,3-10,13-14,19-20H2,1-2H3/b12-11+. The molecule has 0 bridgehead atoms. The number of allylic oxidation sites excluding steroid dienone is 2. The van der Waals surface area contributed by atoms with E-state index >= 15 is 0 Å². The van der Waals surface area contributed by atoms with Gasteiger partial charge in [-0.3, -0.25) is 0 Å². The van der Waals surface area contributed by atoms with Crippen LogP contribution in [0.2, 0.25) is 0 Å². The first-order valence-corrected chi connectivity index (χ1v) is 10.2. The molecule has 1 aliphatic heterocycles. The van der Waals surface area contributed by atoms with Crippen LogP contribution in [0.15, 0.2) is 36.4 Å². The highest BCUT2D eigenvalue weighted by molar-refractivity contribution is 5.27.